The molecule has 1 aromatic carbocycles. The van der Waals surface area contributed by atoms with Gasteiger partial charge in [0.15, 0.2) is 5.79 Å². The number of hydrogen-bond donors (Lipinski definition) is 0. The minimum Gasteiger partial charge on any atom is -0.491 e. The minimum atomic E-state index is -0.640. The number of rotatable bonds is 5. The van der Waals surface area contributed by atoms with E-state index in [-0.39, 0.29) is 23.8 Å². The van der Waals surface area contributed by atoms with Gasteiger partial charge in [0, 0.05) is 0 Å². The number of methoxy groups -OCH3 is 2. The number of esters is 2. The molecule has 0 aromatic heterocycles. The smallest absolute Gasteiger partial charge is 0.338 e. The van der Waals surface area contributed by atoms with Crippen molar-refractivity contribution in [2.75, 3.05) is 27.4 Å². The van der Waals surface area contributed by atoms with Gasteiger partial charge >= 0.3 is 11.9 Å². The first kappa shape index (κ1) is 17.2. The van der Waals surface area contributed by atoms with Gasteiger partial charge in [-0.25, -0.2) is 9.59 Å². The van der Waals surface area contributed by atoms with Gasteiger partial charge in [-0.1, -0.05) is 0 Å². The summed E-state index contributed by atoms with van der Waals surface area (Å²) in [5.41, 5.74) is 0.406. The molecule has 7 nitrogen and oxygen atoms in total. The largest absolute Gasteiger partial charge is 0.491 e. The second kappa shape index (κ2) is 6.97. The molecule has 0 amide bonds. The normalized spacial score (nSPS) is 19.2. The van der Waals surface area contributed by atoms with Gasteiger partial charge in [0.2, 0.25) is 0 Å². The molecule has 1 aliphatic heterocycles. The fourth-order valence-electron chi connectivity index (χ4n) is 2.19. The molecule has 0 unspecified atom stereocenters. The lowest BCUT2D eigenvalue weighted by Crippen LogP contribution is -2.25. The molecular weight excluding hydrogens is 304 g/mol. The fraction of sp³-hybridized carbons (Fsp3) is 0.500. The summed E-state index contributed by atoms with van der Waals surface area (Å²) >= 11 is 0. The molecule has 1 aliphatic rings. The third-order valence-corrected chi connectivity index (χ3v) is 3.25. The highest BCUT2D eigenvalue weighted by Gasteiger charge is 2.33. The molecule has 126 valence electrons. The Morgan fingerprint density at radius 1 is 1.13 bits per heavy atom. The van der Waals surface area contributed by atoms with Crippen molar-refractivity contribution < 1.29 is 33.3 Å². The van der Waals surface area contributed by atoms with Crippen molar-refractivity contribution in [1.29, 1.82) is 0 Å². The highest BCUT2D eigenvalue weighted by molar-refractivity contribution is 5.96. The summed E-state index contributed by atoms with van der Waals surface area (Å²) in [5, 5.41) is 0. The number of hydrogen-bond acceptors (Lipinski definition) is 7. The topological polar surface area (TPSA) is 80.3 Å². The monoisotopic (exact) mass is 324 g/mol. The Bertz CT molecular complexity index is 560. The van der Waals surface area contributed by atoms with E-state index in [2.05, 4.69) is 9.47 Å². The molecule has 1 aromatic rings. The van der Waals surface area contributed by atoms with Crippen LogP contribution in [0.1, 0.15) is 34.6 Å². The third-order valence-electron chi connectivity index (χ3n) is 3.25. The summed E-state index contributed by atoms with van der Waals surface area (Å²) in [6.07, 6.45) is -0.228. The van der Waals surface area contributed by atoms with Gasteiger partial charge in [-0.2, -0.15) is 0 Å². The first-order valence-electron chi connectivity index (χ1n) is 7.11. The summed E-state index contributed by atoms with van der Waals surface area (Å²) in [6.45, 7) is 4.28. The molecule has 23 heavy (non-hydrogen) atoms. The standard InChI is InChI=1S/C16H20O7/c1-16(2)22-9-13(23-16)8-21-12-6-10(14(17)19-3)5-11(7-12)15(18)20-4/h5-7,13H,8-9H2,1-4H3/t13-/m0/s1. The lowest BCUT2D eigenvalue weighted by Gasteiger charge is -2.17. The first-order chi connectivity index (χ1) is 10.8. The van der Waals surface area contributed by atoms with E-state index in [1.54, 1.807) is 0 Å². The third kappa shape index (κ3) is 4.43. The van der Waals surface area contributed by atoms with Crippen molar-refractivity contribution >= 4 is 11.9 Å². The van der Waals surface area contributed by atoms with Crippen LogP contribution in [0.4, 0.5) is 0 Å². The average Bonchev–Trinajstić information content (AvgIpc) is 2.90. The van der Waals surface area contributed by atoms with Crippen molar-refractivity contribution in [2.45, 2.75) is 25.7 Å². The maximum atomic E-state index is 11.7. The number of ether oxygens (including phenoxy) is 5. The van der Waals surface area contributed by atoms with Crippen molar-refractivity contribution in [3.05, 3.63) is 29.3 Å². The van der Waals surface area contributed by atoms with E-state index in [0.29, 0.717) is 12.4 Å². The van der Waals surface area contributed by atoms with Gasteiger partial charge in [-0.3, -0.25) is 0 Å². The Morgan fingerprint density at radius 2 is 1.70 bits per heavy atom. The quantitative estimate of drug-likeness (QED) is 0.764. The van der Waals surface area contributed by atoms with Crippen molar-refractivity contribution in [3.63, 3.8) is 0 Å². The van der Waals surface area contributed by atoms with Crippen LogP contribution in [0.2, 0.25) is 0 Å². The van der Waals surface area contributed by atoms with Crippen molar-refractivity contribution in [1.82, 2.24) is 0 Å². The second-order valence-electron chi connectivity index (χ2n) is 5.49. The summed E-state index contributed by atoms with van der Waals surface area (Å²) in [7, 11) is 2.53. The summed E-state index contributed by atoms with van der Waals surface area (Å²) in [4.78, 5) is 23.4. The van der Waals surface area contributed by atoms with E-state index in [1.807, 2.05) is 13.8 Å². The fourth-order valence-corrected chi connectivity index (χ4v) is 2.19. The van der Waals surface area contributed by atoms with E-state index in [4.69, 9.17) is 14.2 Å². The van der Waals surface area contributed by atoms with Gasteiger partial charge in [0.05, 0.1) is 32.0 Å². The molecule has 2 rings (SSSR count). The Labute approximate surface area is 134 Å². The predicted molar refractivity (Wildman–Crippen MR) is 79.5 cm³/mol. The van der Waals surface area contributed by atoms with Crippen LogP contribution in [0.3, 0.4) is 0 Å². The molecule has 0 saturated carbocycles. The van der Waals surface area contributed by atoms with E-state index in [0.717, 1.165) is 0 Å². The molecule has 7 heteroatoms. The van der Waals surface area contributed by atoms with E-state index in [1.165, 1.54) is 32.4 Å². The maximum absolute atomic E-state index is 11.7. The van der Waals surface area contributed by atoms with Gasteiger partial charge < -0.3 is 23.7 Å². The van der Waals surface area contributed by atoms with Crippen LogP contribution in [-0.4, -0.2) is 51.3 Å². The summed E-state index contributed by atoms with van der Waals surface area (Å²) < 4.78 is 26.1. The number of carbonyl (C=O) groups is 2. The van der Waals surface area contributed by atoms with Crippen LogP contribution in [0.5, 0.6) is 5.75 Å². The van der Waals surface area contributed by atoms with Crippen LogP contribution in [0, 0.1) is 0 Å². The maximum Gasteiger partial charge on any atom is 0.338 e. The zero-order valence-electron chi connectivity index (χ0n) is 13.6. The van der Waals surface area contributed by atoms with Gasteiger partial charge in [-0.05, 0) is 32.0 Å². The SMILES string of the molecule is COC(=O)c1cc(OC[C@H]2COC(C)(C)O2)cc(C(=O)OC)c1. The zero-order chi connectivity index (χ0) is 17.0. The van der Waals surface area contributed by atoms with Crippen LogP contribution in [0.15, 0.2) is 18.2 Å². The Balaban J connectivity index is 2.13. The van der Waals surface area contributed by atoms with E-state index < -0.39 is 17.7 Å². The molecule has 1 saturated heterocycles. The molecule has 0 radical (unpaired) electrons. The van der Waals surface area contributed by atoms with Gasteiger partial charge in [0.1, 0.15) is 18.5 Å². The molecule has 0 aliphatic carbocycles. The van der Waals surface area contributed by atoms with Crippen molar-refractivity contribution in [3.8, 4) is 5.75 Å². The molecule has 1 fully saturated rings. The van der Waals surface area contributed by atoms with E-state index in [9.17, 15) is 9.59 Å². The van der Waals surface area contributed by atoms with Crippen LogP contribution in [0.25, 0.3) is 0 Å². The zero-order valence-corrected chi connectivity index (χ0v) is 13.6. The van der Waals surface area contributed by atoms with Crippen LogP contribution in [-0.2, 0) is 18.9 Å². The highest BCUT2D eigenvalue weighted by atomic mass is 16.7. The number of benzene rings is 1. The molecule has 0 spiro atoms. The molecular formula is C16H20O7. The van der Waals surface area contributed by atoms with Gasteiger partial charge in [0.25, 0.3) is 0 Å². The first-order valence-corrected chi connectivity index (χ1v) is 7.11. The lowest BCUT2D eigenvalue weighted by atomic mass is 10.1. The molecule has 0 bridgehead atoms. The minimum absolute atomic E-state index is 0.203. The Morgan fingerprint density at radius 3 is 2.13 bits per heavy atom. The van der Waals surface area contributed by atoms with Crippen molar-refractivity contribution in [2.24, 2.45) is 0 Å². The highest BCUT2D eigenvalue weighted by Crippen LogP contribution is 2.24. The summed E-state index contributed by atoms with van der Waals surface area (Å²) in [5.74, 6) is -1.43. The second-order valence-corrected chi connectivity index (χ2v) is 5.49. The molecule has 1 atom stereocenters. The average molecular weight is 324 g/mol. The lowest BCUT2D eigenvalue weighted by molar-refractivity contribution is -0.141. The summed E-state index contributed by atoms with van der Waals surface area (Å²) in [6, 6.07) is 4.39. The Kier molecular flexibility index (Phi) is 5.23. The van der Waals surface area contributed by atoms with E-state index >= 15 is 0 Å². The predicted octanol–water partition coefficient (Wildman–Crippen LogP) is 1.79. The molecule has 0 N–H and O–H groups in total. The Hall–Kier alpha value is -2.12. The van der Waals surface area contributed by atoms with Gasteiger partial charge in [-0.15, -0.1) is 0 Å². The molecule has 1 heterocycles. The van der Waals surface area contributed by atoms with Crippen LogP contribution < -0.4 is 4.74 Å². The number of carbonyl (C=O) groups excluding carboxylic acids is 2. The van der Waals surface area contributed by atoms with Crippen LogP contribution >= 0.6 is 0 Å².